The smallest absolute Gasteiger partial charge is 0.301 e. The predicted molar refractivity (Wildman–Crippen MR) is 150 cm³/mol. The van der Waals surface area contributed by atoms with Crippen molar-refractivity contribution in [1.29, 1.82) is 0 Å². The minimum Gasteiger partial charge on any atom is -0.507 e. The van der Waals surface area contributed by atoms with Crippen LogP contribution < -0.4 is 9.64 Å². The number of ether oxygens (including phenoxy) is 1. The normalized spacial score (nSPS) is 17.1. The van der Waals surface area contributed by atoms with Crippen molar-refractivity contribution in [2.24, 2.45) is 0 Å². The molecule has 1 unspecified atom stereocenters. The van der Waals surface area contributed by atoms with Crippen molar-refractivity contribution in [3.63, 3.8) is 0 Å². The molecule has 6 nitrogen and oxygen atoms in total. The first-order chi connectivity index (χ1) is 17.8. The third-order valence-electron chi connectivity index (χ3n) is 6.26. The first kappa shape index (κ1) is 25.2. The van der Waals surface area contributed by atoms with E-state index in [1.54, 1.807) is 24.3 Å². The molecule has 2 heterocycles. The van der Waals surface area contributed by atoms with Gasteiger partial charge in [-0.05, 0) is 79.4 Å². The van der Waals surface area contributed by atoms with Crippen LogP contribution in [-0.4, -0.2) is 28.4 Å². The Morgan fingerprint density at radius 2 is 1.78 bits per heavy atom. The number of Topliss-reactive ketones (excluding diaryl/α,β-unsaturated/α-hetero) is 1. The molecule has 0 spiro atoms. The largest absolute Gasteiger partial charge is 0.507 e. The van der Waals surface area contributed by atoms with Gasteiger partial charge < -0.3 is 9.84 Å². The van der Waals surface area contributed by atoms with Crippen LogP contribution in [0.4, 0.5) is 5.13 Å². The molecule has 1 aliphatic rings. The number of nitrogens with zero attached hydrogens (tertiary/aromatic N) is 2. The van der Waals surface area contributed by atoms with E-state index in [9.17, 15) is 14.7 Å². The number of benzene rings is 3. The van der Waals surface area contributed by atoms with Crippen molar-refractivity contribution in [2.75, 3.05) is 11.5 Å². The molecule has 1 aromatic heterocycles. The monoisotopic (exact) mass is 576 g/mol. The summed E-state index contributed by atoms with van der Waals surface area (Å²) in [5.74, 6) is -1.03. The van der Waals surface area contributed by atoms with Crippen LogP contribution in [0.3, 0.4) is 0 Å². The van der Waals surface area contributed by atoms with E-state index >= 15 is 0 Å². The number of amides is 1. The van der Waals surface area contributed by atoms with Crippen LogP contribution in [0.5, 0.6) is 5.75 Å². The molecular weight excluding hydrogens is 552 g/mol. The Bertz CT molecular complexity index is 1540. The summed E-state index contributed by atoms with van der Waals surface area (Å²) in [5, 5.41) is 11.8. The Morgan fingerprint density at radius 1 is 1.08 bits per heavy atom. The highest BCUT2D eigenvalue weighted by Crippen LogP contribution is 2.45. The molecule has 1 N–H and O–H groups in total. The molecule has 188 valence electrons. The van der Waals surface area contributed by atoms with Crippen molar-refractivity contribution in [3.05, 3.63) is 93.0 Å². The molecular formula is C29H25BrN2O4S. The topological polar surface area (TPSA) is 79.7 Å². The molecule has 37 heavy (non-hydrogen) atoms. The van der Waals surface area contributed by atoms with Crippen molar-refractivity contribution >= 4 is 60.1 Å². The molecule has 3 aromatic carbocycles. The van der Waals surface area contributed by atoms with E-state index < -0.39 is 17.7 Å². The molecule has 1 atom stereocenters. The minimum atomic E-state index is -0.828. The summed E-state index contributed by atoms with van der Waals surface area (Å²) in [6, 6.07) is 17.5. The summed E-state index contributed by atoms with van der Waals surface area (Å²) in [6.07, 6.45) is 0.878. The number of halogens is 1. The van der Waals surface area contributed by atoms with E-state index in [1.165, 1.54) is 16.2 Å². The van der Waals surface area contributed by atoms with Crippen molar-refractivity contribution in [2.45, 2.75) is 33.2 Å². The standard InChI is InChI=1S/C29H25BrN2O4S/c1-4-13-36-21-11-7-19(8-12-21)26(33)23-25(18-5-9-20(30)10-6-18)32(28(35)27(23)34)29-31-24-17(3)14-16(2)15-22(24)37-29/h5-12,14-15,25,33H,4,13H2,1-3H3/b26-23+. The van der Waals surface area contributed by atoms with Gasteiger partial charge in [-0.2, -0.15) is 0 Å². The van der Waals surface area contributed by atoms with Crippen LogP contribution in [0.2, 0.25) is 0 Å². The lowest BCUT2D eigenvalue weighted by Gasteiger charge is -2.23. The zero-order valence-electron chi connectivity index (χ0n) is 20.6. The number of thiazole rings is 1. The number of carbonyl (C=O) groups is 2. The van der Waals surface area contributed by atoms with E-state index in [4.69, 9.17) is 9.72 Å². The van der Waals surface area contributed by atoms with E-state index in [1.807, 2.05) is 57.2 Å². The Balaban J connectivity index is 1.66. The summed E-state index contributed by atoms with van der Waals surface area (Å²) in [7, 11) is 0. The van der Waals surface area contributed by atoms with Crippen LogP contribution in [-0.2, 0) is 9.59 Å². The number of aliphatic hydroxyl groups is 1. The number of ketones is 1. The average molecular weight is 578 g/mol. The number of aliphatic hydroxyl groups excluding tert-OH is 1. The molecule has 1 fully saturated rings. The van der Waals surface area contributed by atoms with E-state index in [-0.39, 0.29) is 11.3 Å². The van der Waals surface area contributed by atoms with E-state index in [2.05, 4.69) is 15.9 Å². The second-order valence-electron chi connectivity index (χ2n) is 9.02. The third kappa shape index (κ3) is 4.67. The molecule has 0 radical (unpaired) electrons. The van der Waals surface area contributed by atoms with Crippen LogP contribution in [0.15, 0.2) is 70.7 Å². The van der Waals surface area contributed by atoms with Crippen LogP contribution in [0, 0.1) is 13.8 Å². The van der Waals surface area contributed by atoms with Crippen molar-refractivity contribution in [3.8, 4) is 5.75 Å². The number of carbonyl (C=O) groups excluding carboxylic acids is 2. The predicted octanol–water partition coefficient (Wildman–Crippen LogP) is 7.09. The van der Waals surface area contributed by atoms with Gasteiger partial charge in [-0.15, -0.1) is 0 Å². The van der Waals surface area contributed by atoms with Gasteiger partial charge in [0, 0.05) is 10.0 Å². The van der Waals surface area contributed by atoms with E-state index in [0.29, 0.717) is 28.6 Å². The summed E-state index contributed by atoms with van der Waals surface area (Å²) in [6.45, 7) is 6.60. The van der Waals surface area contributed by atoms with Gasteiger partial charge in [0.1, 0.15) is 11.5 Å². The summed E-state index contributed by atoms with van der Waals surface area (Å²) in [5.41, 5.74) is 4.04. The van der Waals surface area contributed by atoms with Gasteiger partial charge in [-0.3, -0.25) is 14.5 Å². The first-order valence-electron chi connectivity index (χ1n) is 12.0. The van der Waals surface area contributed by atoms with Gasteiger partial charge in [0.05, 0.1) is 28.4 Å². The van der Waals surface area contributed by atoms with Crippen molar-refractivity contribution in [1.82, 2.24) is 4.98 Å². The van der Waals surface area contributed by atoms with Gasteiger partial charge in [0.15, 0.2) is 5.13 Å². The lowest BCUT2D eigenvalue weighted by molar-refractivity contribution is -0.132. The molecule has 5 rings (SSSR count). The maximum Gasteiger partial charge on any atom is 0.301 e. The lowest BCUT2D eigenvalue weighted by Crippen LogP contribution is -2.29. The number of rotatable bonds is 6. The van der Waals surface area contributed by atoms with Crippen LogP contribution in [0.25, 0.3) is 16.0 Å². The number of hydrogen-bond acceptors (Lipinski definition) is 6. The van der Waals surface area contributed by atoms with Gasteiger partial charge in [-0.1, -0.05) is 52.4 Å². The lowest BCUT2D eigenvalue weighted by atomic mass is 9.95. The molecule has 0 bridgehead atoms. The molecule has 0 aliphatic carbocycles. The van der Waals surface area contributed by atoms with Crippen LogP contribution in [0.1, 0.15) is 41.6 Å². The average Bonchev–Trinajstić information content (AvgIpc) is 3.42. The Labute approximate surface area is 227 Å². The fourth-order valence-corrected chi connectivity index (χ4v) is 5.97. The maximum absolute atomic E-state index is 13.5. The molecule has 1 saturated heterocycles. The number of aromatic nitrogens is 1. The van der Waals surface area contributed by atoms with Gasteiger partial charge in [0.2, 0.25) is 0 Å². The maximum atomic E-state index is 13.5. The SMILES string of the molecule is CCCOc1ccc(/C(O)=C2\C(=O)C(=O)N(c3nc4c(C)cc(C)cc4s3)C2c2ccc(Br)cc2)cc1. The highest BCUT2D eigenvalue weighted by Gasteiger charge is 2.48. The minimum absolute atomic E-state index is 0.0294. The number of anilines is 1. The fourth-order valence-electron chi connectivity index (χ4n) is 4.54. The molecule has 0 saturated carbocycles. The molecule has 8 heteroatoms. The molecule has 1 amide bonds. The summed E-state index contributed by atoms with van der Waals surface area (Å²) in [4.78, 5) is 33.1. The van der Waals surface area contributed by atoms with Gasteiger partial charge >= 0.3 is 5.91 Å². The number of hydrogen-bond donors (Lipinski definition) is 1. The van der Waals surface area contributed by atoms with Gasteiger partial charge in [-0.25, -0.2) is 4.98 Å². The number of aryl methyl sites for hydroxylation is 2. The van der Waals surface area contributed by atoms with E-state index in [0.717, 1.165) is 32.2 Å². The zero-order valence-corrected chi connectivity index (χ0v) is 23.0. The molecule has 4 aromatic rings. The highest BCUT2D eigenvalue weighted by atomic mass is 79.9. The Hall–Kier alpha value is -3.49. The summed E-state index contributed by atoms with van der Waals surface area (Å²) >= 11 is 4.81. The second-order valence-corrected chi connectivity index (χ2v) is 10.9. The first-order valence-corrected chi connectivity index (χ1v) is 13.6. The van der Waals surface area contributed by atoms with Crippen LogP contribution >= 0.6 is 27.3 Å². The highest BCUT2D eigenvalue weighted by molar-refractivity contribution is 9.10. The van der Waals surface area contributed by atoms with Gasteiger partial charge in [0.25, 0.3) is 5.78 Å². The Kier molecular flexibility index (Phi) is 6.88. The zero-order chi connectivity index (χ0) is 26.3. The quantitative estimate of drug-likeness (QED) is 0.150. The molecule has 1 aliphatic heterocycles. The third-order valence-corrected chi connectivity index (χ3v) is 7.79. The fraction of sp³-hybridized carbons (Fsp3) is 0.207. The number of fused-ring (bicyclic) bond motifs is 1. The Morgan fingerprint density at radius 3 is 2.46 bits per heavy atom. The van der Waals surface area contributed by atoms with Crippen molar-refractivity contribution < 1.29 is 19.4 Å². The summed E-state index contributed by atoms with van der Waals surface area (Å²) < 4.78 is 7.44. The second kappa shape index (κ2) is 10.1.